The molecule has 78 valence electrons. The largest absolute Gasteiger partial charge is 0.295 e. The third-order valence-corrected chi connectivity index (χ3v) is 3.20. The van der Waals surface area contributed by atoms with E-state index in [2.05, 4.69) is 6.58 Å². The zero-order valence-electron chi connectivity index (χ0n) is 8.50. The highest BCUT2D eigenvalue weighted by molar-refractivity contribution is 6.30. The second kappa shape index (κ2) is 4.19. The quantitative estimate of drug-likeness (QED) is 0.659. The topological polar surface area (TPSA) is 17.1 Å². The first kappa shape index (κ1) is 10.4. The van der Waals surface area contributed by atoms with Gasteiger partial charge in [0, 0.05) is 11.4 Å². The van der Waals surface area contributed by atoms with Gasteiger partial charge in [-0.2, -0.15) is 0 Å². The van der Waals surface area contributed by atoms with Crippen LogP contribution in [0.5, 0.6) is 0 Å². The van der Waals surface area contributed by atoms with Gasteiger partial charge in [0.05, 0.1) is 0 Å². The van der Waals surface area contributed by atoms with E-state index in [0.29, 0.717) is 12.3 Å². The molecular weight excluding hydrogens is 208 g/mol. The maximum atomic E-state index is 11.3. The van der Waals surface area contributed by atoms with E-state index in [1.165, 1.54) is 5.56 Å². The molecule has 1 fully saturated rings. The minimum atomic E-state index is 0.222. The van der Waals surface area contributed by atoms with Gasteiger partial charge in [0.15, 0.2) is 5.78 Å². The highest BCUT2D eigenvalue weighted by Gasteiger charge is 2.22. The van der Waals surface area contributed by atoms with Gasteiger partial charge in [0.25, 0.3) is 0 Å². The summed E-state index contributed by atoms with van der Waals surface area (Å²) in [6, 6.07) is 7.87. The maximum Gasteiger partial charge on any atom is 0.158 e. The van der Waals surface area contributed by atoms with E-state index in [1.807, 2.05) is 24.3 Å². The highest BCUT2D eigenvalue weighted by atomic mass is 35.5. The van der Waals surface area contributed by atoms with E-state index >= 15 is 0 Å². The Morgan fingerprint density at radius 2 is 1.93 bits per heavy atom. The normalized spacial score (nSPS) is 21.8. The van der Waals surface area contributed by atoms with Crippen LogP contribution in [0.15, 0.2) is 36.4 Å². The molecule has 2 rings (SSSR count). The van der Waals surface area contributed by atoms with Crippen molar-refractivity contribution in [2.24, 2.45) is 0 Å². The number of carbonyl (C=O) groups excluding carboxylic acids is 1. The van der Waals surface area contributed by atoms with Crippen LogP contribution >= 0.6 is 11.6 Å². The van der Waals surface area contributed by atoms with Crippen LogP contribution in [0, 0.1) is 0 Å². The Labute approximate surface area is 94.8 Å². The van der Waals surface area contributed by atoms with E-state index < -0.39 is 0 Å². The Kier molecular flexibility index (Phi) is 2.92. The summed E-state index contributed by atoms with van der Waals surface area (Å²) in [5, 5.41) is 0.754. The molecule has 0 spiro atoms. The van der Waals surface area contributed by atoms with Crippen molar-refractivity contribution in [3.05, 3.63) is 47.0 Å². The minimum Gasteiger partial charge on any atom is -0.295 e. The van der Waals surface area contributed by atoms with Gasteiger partial charge < -0.3 is 0 Å². The van der Waals surface area contributed by atoms with Crippen LogP contribution in [-0.4, -0.2) is 5.78 Å². The third-order valence-electron chi connectivity index (χ3n) is 2.95. The molecule has 1 aromatic carbocycles. The first-order valence-electron chi connectivity index (χ1n) is 5.13. The van der Waals surface area contributed by atoms with Crippen LogP contribution in [0.2, 0.25) is 5.02 Å². The number of hydrogen-bond donors (Lipinski definition) is 0. The predicted octanol–water partition coefficient (Wildman–Crippen LogP) is 3.73. The summed E-state index contributed by atoms with van der Waals surface area (Å²) in [5.41, 5.74) is 2.02. The molecule has 0 radical (unpaired) electrons. The zero-order valence-corrected chi connectivity index (χ0v) is 9.26. The molecule has 1 atom stereocenters. The average Bonchev–Trinajstić information content (AvgIpc) is 2.23. The molecular formula is C13H13ClO. The number of benzene rings is 1. The number of allylic oxidation sites excluding steroid dienone is 1. The Bertz CT molecular complexity index is 392. The monoisotopic (exact) mass is 220 g/mol. The van der Waals surface area contributed by atoms with Crippen molar-refractivity contribution >= 4 is 17.4 Å². The summed E-state index contributed by atoms with van der Waals surface area (Å²) in [4.78, 5) is 11.3. The molecule has 0 heterocycles. The van der Waals surface area contributed by atoms with E-state index in [0.717, 1.165) is 23.4 Å². The van der Waals surface area contributed by atoms with Crippen LogP contribution < -0.4 is 0 Å². The summed E-state index contributed by atoms with van der Waals surface area (Å²) in [6.45, 7) is 3.81. The van der Waals surface area contributed by atoms with Crippen molar-refractivity contribution in [1.29, 1.82) is 0 Å². The van der Waals surface area contributed by atoms with Gasteiger partial charge in [0.1, 0.15) is 0 Å². The van der Waals surface area contributed by atoms with E-state index in [-0.39, 0.29) is 5.78 Å². The molecule has 1 aromatic rings. The first-order valence-corrected chi connectivity index (χ1v) is 5.51. The predicted molar refractivity (Wildman–Crippen MR) is 62.2 cm³/mol. The Morgan fingerprint density at radius 3 is 2.53 bits per heavy atom. The van der Waals surface area contributed by atoms with Crippen molar-refractivity contribution in [3.63, 3.8) is 0 Å². The lowest BCUT2D eigenvalue weighted by atomic mass is 9.81. The molecule has 2 heteroatoms. The lowest BCUT2D eigenvalue weighted by Gasteiger charge is -2.22. The van der Waals surface area contributed by atoms with Crippen molar-refractivity contribution in [2.45, 2.75) is 25.2 Å². The molecule has 1 aliphatic carbocycles. The van der Waals surface area contributed by atoms with Gasteiger partial charge in [0.2, 0.25) is 0 Å². The molecule has 0 amide bonds. The molecule has 0 aromatic heterocycles. The molecule has 1 unspecified atom stereocenters. The van der Waals surface area contributed by atoms with Gasteiger partial charge in [-0.1, -0.05) is 30.3 Å². The SMILES string of the molecule is C=C1CC(c2ccc(Cl)cc2)CCC1=O. The molecule has 1 nitrogen and oxygen atoms in total. The van der Waals surface area contributed by atoms with Crippen molar-refractivity contribution < 1.29 is 4.79 Å². The Morgan fingerprint density at radius 1 is 1.27 bits per heavy atom. The van der Waals surface area contributed by atoms with Crippen molar-refractivity contribution in [1.82, 2.24) is 0 Å². The van der Waals surface area contributed by atoms with Gasteiger partial charge in [-0.25, -0.2) is 0 Å². The number of rotatable bonds is 1. The van der Waals surface area contributed by atoms with Crippen LogP contribution in [0.4, 0.5) is 0 Å². The summed E-state index contributed by atoms with van der Waals surface area (Å²) in [7, 11) is 0. The molecule has 0 N–H and O–H groups in total. The zero-order chi connectivity index (χ0) is 10.8. The molecule has 15 heavy (non-hydrogen) atoms. The average molecular weight is 221 g/mol. The van der Waals surface area contributed by atoms with E-state index in [4.69, 9.17) is 11.6 Å². The highest BCUT2D eigenvalue weighted by Crippen LogP contribution is 2.33. The molecule has 1 saturated carbocycles. The minimum absolute atomic E-state index is 0.222. The second-order valence-electron chi connectivity index (χ2n) is 4.02. The van der Waals surface area contributed by atoms with Crippen molar-refractivity contribution in [3.8, 4) is 0 Å². The Balaban J connectivity index is 2.15. The fourth-order valence-corrected chi connectivity index (χ4v) is 2.14. The summed E-state index contributed by atoms with van der Waals surface area (Å²) < 4.78 is 0. The fourth-order valence-electron chi connectivity index (χ4n) is 2.01. The first-order chi connectivity index (χ1) is 7.16. The van der Waals surface area contributed by atoms with Gasteiger partial charge in [-0.15, -0.1) is 0 Å². The Hall–Kier alpha value is -1.08. The van der Waals surface area contributed by atoms with Gasteiger partial charge in [-0.05, 0) is 42.0 Å². The van der Waals surface area contributed by atoms with E-state index in [1.54, 1.807) is 0 Å². The fraction of sp³-hybridized carbons (Fsp3) is 0.308. The van der Waals surface area contributed by atoms with Crippen LogP contribution in [0.3, 0.4) is 0 Å². The number of ketones is 1. The number of Topliss-reactive ketones (excluding diaryl/α,β-unsaturated/α-hetero) is 1. The number of carbonyl (C=O) groups is 1. The van der Waals surface area contributed by atoms with Crippen molar-refractivity contribution in [2.75, 3.05) is 0 Å². The molecule has 0 bridgehead atoms. The third kappa shape index (κ3) is 2.29. The van der Waals surface area contributed by atoms with Crippen LogP contribution in [0.25, 0.3) is 0 Å². The maximum absolute atomic E-state index is 11.3. The summed E-state index contributed by atoms with van der Waals surface area (Å²) in [5.74, 6) is 0.660. The number of hydrogen-bond acceptors (Lipinski definition) is 1. The summed E-state index contributed by atoms with van der Waals surface area (Å²) >= 11 is 5.83. The number of halogens is 1. The van der Waals surface area contributed by atoms with Gasteiger partial charge in [-0.3, -0.25) is 4.79 Å². The summed E-state index contributed by atoms with van der Waals surface area (Å²) in [6.07, 6.45) is 2.35. The molecule has 0 saturated heterocycles. The van der Waals surface area contributed by atoms with E-state index in [9.17, 15) is 4.79 Å². The van der Waals surface area contributed by atoms with Gasteiger partial charge >= 0.3 is 0 Å². The lowest BCUT2D eigenvalue weighted by molar-refractivity contribution is -0.116. The lowest BCUT2D eigenvalue weighted by Crippen LogP contribution is -2.14. The second-order valence-corrected chi connectivity index (χ2v) is 4.45. The van der Waals surface area contributed by atoms with Crippen LogP contribution in [-0.2, 0) is 4.79 Å². The molecule has 0 aliphatic heterocycles. The smallest absolute Gasteiger partial charge is 0.158 e. The van der Waals surface area contributed by atoms with Crippen LogP contribution in [0.1, 0.15) is 30.7 Å². The molecule has 1 aliphatic rings. The standard InChI is InChI=1S/C13H13ClO/c1-9-8-11(4-7-13(9)15)10-2-5-12(14)6-3-10/h2-3,5-6,11H,1,4,7-8H2.